The van der Waals surface area contributed by atoms with Gasteiger partial charge in [-0.3, -0.25) is 0 Å². The van der Waals surface area contributed by atoms with Gasteiger partial charge < -0.3 is 15.3 Å². The lowest BCUT2D eigenvalue weighted by atomic mass is 9.99. The van der Waals surface area contributed by atoms with Crippen LogP contribution in [0.3, 0.4) is 0 Å². The van der Waals surface area contributed by atoms with E-state index < -0.39 is 6.10 Å². The van der Waals surface area contributed by atoms with Gasteiger partial charge in [0, 0.05) is 11.6 Å². The van der Waals surface area contributed by atoms with Crippen molar-refractivity contribution in [2.24, 2.45) is 5.73 Å². The SMILES string of the molecule is NC(Cc1ccccc1)C(O)c1ccoc1. The molecule has 3 heteroatoms. The highest BCUT2D eigenvalue weighted by Gasteiger charge is 2.17. The molecule has 0 spiro atoms. The van der Waals surface area contributed by atoms with Gasteiger partial charge in [-0.05, 0) is 18.1 Å². The van der Waals surface area contributed by atoms with E-state index >= 15 is 0 Å². The molecule has 0 fully saturated rings. The summed E-state index contributed by atoms with van der Waals surface area (Å²) in [4.78, 5) is 0. The molecule has 0 aliphatic heterocycles. The second-order valence-electron chi connectivity index (χ2n) is 3.86. The number of furan rings is 1. The summed E-state index contributed by atoms with van der Waals surface area (Å²) in [6.07, 6.45) is 3.02. The van der Waals surface area contributed by atoms with E-state index in [1.807, 2.05) is 30.3 Å². The zero-order valence-electron chi connectivity index (χ0n) is 8.91. The lowest BCUT2D eigenvalue weighted by molar-refractivity contribution is 0.145. The molecular weight excluding hydrogens is 202 g/mol. The highest BCUT2D eigenvalue weighted by molar-refractivity contribution is 5.18. The lowest BCUT2D eigenvalue weighted by Gasteiger charge is -2.17. The van der Waals surface area contributed by atoms with E-state index in [0.717, 1.165) is 11.1 Å². The van der Waals surface area contributed by atoms with Crippen LogP contribution >= 0.6 is 0 Å². The van der Waals surface area contributed by atoms with Crippen LogP contribution in [0.15, 0.2) is 53.3 Å². The van der Waals surface area contributed by atoms with E-state index in [1.54, 1.807) is 6.07 Å². The monoisotopic (exact) mass is 217 g/mol. The fourth-order valence-electron chi connectivity index (χ4n) is 1.69. The molecular formula is C13H15NO2. The van der Waals surface area contributed by atoms with E-state index in [1.165, 1.54) is 12.5 Å². The number of hydrogen-bond donors (Lipinski definition) is 2. The van der Waals surface area contributed by atoms with E-state index in [4.69, 9.17) is 10.2 Å². The first kappa shape index (κ1) is 10.9. The Morgan fingerprint density at radius 2 is 1.94 bits per heavy atom. The fourth-order valence-corrected chi connectivity index (χ4v) is 1.69. The molecule has 2 rings (SSSR count). The van der Waals surface area contributed by atoms with Crippen LogP contribution in [-0.2, 0) is 6.42 Å². The Bertz CT molecular complexity index is 411. The largest absolute Gasteiger partial charge is 0.472 e. The predicted octanol–water partition coefficient (Wildman–Crippen LogP) is 1.88. The summed E-state index contributed by atoms with van der Waals surface area (Å²) in [5.41, 5.74) is 7.80. The third kappa shape index (κ3) is 2.51. The van der Waals surface area contributed by atoms with Crippen LogP contribution in [0.1, 0.15) is 17.2 Å². The second kappa shape index (κ2) is 4.96. The zero-order valence-corrected chi connectivity index (χ0v) is 8.91. The van der Waals surface area contributed by atoms with Gasteiger partial charge in [-0.1, -0.05) is 30.3 Å². The topological polar surface area (TPSA) is 59.4 Å². The highest BCUT2D eigenvalue weighted by atomic mass is 16.3. The van der Waals surface area contributed by atoms with Gasteiger partial charge in [0.1, 0.15) is 0 Å². The minimum Gasteiger partial charge on any atom is -0.472 e. The summed E-state index contributed by atoms with van der Waals surface area (Å²) in [5.74, 6) is 0. The van der Waals surface area contributed by atoms with E-state index in [2.05, 4.69) is 0 Å². The molecule has 0 amide bonds. The molecule has 1 aromatic carbocycles. The van der Waals surface area contributed by atoms with Gasteiger partial charge in [0.25, 0.3) is 0 Å². The molecule has 16 heavy (non-hydrogen) atoms. The molecule has 2 aromatic rings. The molecule has 3 nitrogen and oxygen atoms in total. The molecule has 0 saturated heterocycles. The van der Waals surface area contributed by atoms with Gasteiger partial charge in [0.05, 0.1) is 18.6 Å². The van der Waals surface area contributed by atoms with Gasteiger partial charge in [-0.25, -0.2) is 0 Å². The molecule has 2 unspecified atom stereocenters. The van der Waals surface area contributed by atoms with Crippen molar-refractivity contribution in [3.63, 3.8) is 0 Å². The number of rotatable bonds is 4. The Balaban J connectivity index is 2.01. The molecule has 84 valence electrons. The summed E-state index contributed by atoms with van der Waals surface area (Å²) in [6.45, 7) is 0. The highest BCUT2D eigenvalue weighted by Crippen LogP contribution is 2.18. The van der Waals surface area contributed by atoms with Gasteiger partial charge in [0.15, 0.2) is 0 Å². The minimum atomic E-state index is -0.682. The van der Waals surface area contributed by atoms with Crippen LogP contribution in [-0.4, -0.2) is 11.1 Å². The summed E-state index contributed by atoms with van der Waals surface area (Å²) >= 11 is 0. The van der Waals surface area contributed by atoms with Crippen molar-refractivity contribution in [1.82, 2.24) is 0 Å². The van der Waals surface area contributed by atoms with Crippen molar-refractivity contribution in [1.29, 1.82) is 0 Å². The van der Waals surface area contributed by atoms with Gasteiger partial charge in [0.2, 0.25) is 0 Å². The van der Waals surface area contributed by atoms with Crippen molar-refractivity contribution >= 4 is 0 Å². The molecule has 0 aliphatic carbocycles. The van der Waals surface area contributed by atoms with Crippen LogP contribution in [0.4, 0.5) is 0 Å². The molecule has 1 heterocycles. The average Bonchev–Trinajstić information content (AvgIpc) is 2.83. The van der Waals surface area contributed by atoms with Crippen LogP contribution in [0.2, 0.25) is 0 Å². The maximum absolute atomic E-state index is 9.95. The third-order valence-corrected chi connectivity index (χ3v) is 2.60. The minimum absolute atomic E-state index is 0.319. The smallest absolute Gasteiger partial charge is 0.0975 e. The standard InChI is InChI=1S/C13H15NO2/c14-12(8-10-4-2-1-3-5-10)13(15)11-6-7-16-9-11/h1-7,9,12-13,15H,8,14H2. The molecule has 3 N–H and O–H groups in total. The lowest BCUT2D eigenvalue weighted by Crippen LogP contribution is -2.30. The van der Waals surface area contributed by atoms with Crippen LogP contribution in [0.5, 0.6) is 0 Å². The van der Waals surface area contributed by atoms with Crippen molar-refractivity contribution in [2.75, 3.05) is 0 Å². The van der Waals surface area contributed by atoms with Crippen molar-refractivity contribution in [2.45, 2.75) is 18.6 Å². The van der Waals surface area contributed by atoms with Gasteiger partial charge in [-0.15, -0.1) is 0 Å². The first-order valence-electron chi connectivity index (χ1n) is 5.27. The molecule has 0 bridgehead atoms. The summed E-state index contributed by atoms with van der Waals surface area (Å²) in [6, 6.07) is 11.3. The van der Waals surface area contributed by atoms with Crippen LogP contribution in [0.25, 0.3) is 0 Å². The average molecular weight is 217 g/mol. The summed E-state index contributed by atoms with van der Waals surface area (Å²) in [7, 11) is 0. The Hall–Kier alpha value is -1.58. The van der Waals surface area contributed by atoms with Gasteiger partial charge in [-0.2, -0.15) is 0 Å². The number of nitrogens with two attached hydrogens (primary N) is 1. The Morgan fingerprint density at radius 1 is 1.19 bits per heavy atom. The summed E-state index contributed by atoms with van der Waals surface area (Å²) in [5, 5.41) is 9.95. The number of benzene rings is 1. The number of hydrogen-bond acceptors (Lipinski definition) is 3. The van der Waals surface area contributed by atoms with E-state index in [0.29, 0.717) is 6.42 Å². The van der Waals surface area contributed by atoms with Gasteiger partial charge >= 0.3 is 0 Å². The Morgan fingerprint density at radius 3 is 2.56 bits per heavy atom. The summed E-state index contributed by atoms with van der Waals surface area (Å²) < 4.78 is 4.92. The normalized spacial score (nSPS) is 14.6. The maximum atomic E-state index is 9.95. The van der Waals surface area contributed by atoms with Crippen molar-refractivity contribution in [3.8, 4) is 0 Å². The number of aliphatic hydroxyl groups is 1. The predicted molar refractivity (Wildman–Crippen MR) is 61.8 cm³/mol. The van der Waals surface area contributed by atoms with Crippen molar-refractivity contribution < 1.29 is 9.52 Å². The molecule has 0 radical (unpaired) electrons. The van der Waals surface area contributed by atoms with Crippen LogP contribution in [0, 0.1) is 0 Å². The Kier molecular flexibility index (Phi) is 3.39. The van der Waals surface area contributed by atoms with E-state index in [-0.39, 0.29) is 6.04 Å². The second-order valence-corrected chi connectivity index (χ2v) is 3.86. The van der Waals surface area contributed by atoms with Crippen molar-refractivity contribution in [3.05, 3.63) is 60.1 Å². The van der Waals surface area contributed by atoms with E-state index in [9.17, 15) is 5.11 Å². The van der Waals surface area contributed by atoms with Crippen LogP contribution < -0.4 is 5.73 Å². The fraction of sp³-hybridized carbons (Fsp3) is 0.231. The molecule has 0 saturated carbocycles. The quantitative estimate of drug-likeness (QED) is 0.822. The first-order chi connectivity index (χ1) is 7.77. The molecule has 2 atom stereocenters. The molecule has 0 aliphatic rings. The number of aliphatic hydroxyl groups excluding tert-OH is 1. The zero-order chi connectivity index (χ0) is 11.4. The third-order valence-electron chi connectivity index (χ3n) is 2.60. The first-order valence-corrected chi connectivity index (χ1v) is 5.27. The molecule has 1 aromatic heterocycles. The Labute approximate surface area is 94.5 Å². The maximum Gasteiger partial charge on any atom is 0.0975 e.